The zero-order valence-corrected chi connectivity index (χ0v) is 14.2. The van der Waals surface area contributed by atoms with Gasteiger partial charge in [0.05, 0.1) is 6.61 Å². The molecule has 25 heavy (non-hydrogen) atoms. The zero-order valence-electron chi connectivity index (χ0n) is 14.2. The van der Waals surface area contributed by atoms with Crippen LogP contribution in [0.3, 0.4) is 0 Å². The monoisotopic (exact) mass is 342 g/mol. The number of carbonyl (C=O) groups is 1. The first-order valence-corrected chi connectivity index (χ1v) is 8.76. The molecule has 1 saturated heterocycles. The number of carbonyl (C=O) groups excluding carboxylic acids is 1. The average molecular weight is 342 g/mol. The summed E-state index contributed by atoms with van der Waals surface area (Å²) in [5.74, 6) is 0.715. The lowest BCUT2D eigenvalue weighted by molar-refractivity contribution is -0.133. The Kier molecular flexibility index (Phi) is 5.99. The SMILES string of the molecule is O=C(CCc1cccnc1)N1CCCC(COc2cccc(F)c2)C1. The fourth-order valence-electron chi connectivity index (χ4n) is 3.15. The van der Waals surface area contributed by atoms with Crippen molar-refractivity contribution < 1.29 is 13.9 Å². The van der Waals surface area contributed by atoms with Crippen molar-refractivity contribution in [2.75, 3.05) is 19.7 Å². The molecule has 1 aromatic heterocycles. The summed E-state index contributed by atoms with van der Waals surface area (Å²) >= 11 is 0. The Hall–Kier alpha value is -2.43. The van der Waals surface area contributed by atoms with E-state index in [2.05, 4.69) is 4.98 Å². The van der Waals surface area contributed by atoms with E-state index in [1.165, 1.54) is 12.1 Å². The minimum atomic E-state index is -0.298. The standard InChI is InChI=1S/C20H23FN2O2/c21-18-6-1-7-19(12-18)25-15-17-5-3-11-23(14-17)20(24)9-8-16-4-2-10-22-13-16/h1-2,4,6-7,10,12-13,17H,3,5,8-9,11,14-15H2. The molecular formula is C20H23FN2O2. The van der Waals surface area contributed by atoms with Crippen molar-refractivity contribution in [3.05, 3.63) is 60.2 Å². The molecule has 3 rings (SSSR count). The Balaban J connectivity index is 1.46. The van der Waals surface area contributed by atoms with Gasteiger partial charge in [-0.15, -0.1) is 0 Å². The van der Waals surface area contributed by atoms with Crippen LogP contribution in [-0.2, 0) is 11.2 Å². The summed E-state index contributed by atoms with van der Waals surface area (Å²) in [5, 5.41) is 0. The zero-order chi connectivity index (χ0) is 17.5. The maximum atomic E-state index is 13.2. The number of aromatic nitrogens is 1. The van der Waals surface area contributed by atoms with E-state index in [1.54, 1.807) is 24.5 Å². The van der Waals surface area contributed by atoms with Gasteiger partial charge in [0.1, 0.15) is 11.6 Å². The quantitative estimate of drug-likeness (QED) is 0.807. The Labute approximate surface area is 147 Å². The molecule has 0 saturated carbocycles. The van der Waals surface area contributed by atoms with Crippen LogP contribution in [0.2, 0.25) is 0 Å². The molecule has 1 atom stereocenters. The van der Waals surface area contributed by atoms with Gasteiger partial charge in [-0.3, -0.25) is 9.78 Å². The van der Waals surface area contributed by atoms with Crippen molar-refractivity contribution in [2.45, 2.75) is 25.7 Å². The van der Waals surface area contributed by atoms with Crippen LogP contribution in [0, 0.1) is 11.7 Å². The molecule has 1 aromatic carbocycles. The fourth-order valence-corrected chi connectivity index (χ4v) is 3.15. The van der Waals surface area contributed by atoms with Crippen LogP contribution in [0.4, 0.5) is 4.39 Å². The lowest BCUT2D eigenvalue weighted by Gasteiger charge is -2.32. The number of nitrogens with zero attached hydrogens (tertiary/aromatic N) is 2. The van der Waals surface area contributed by atoms with Gasteiger partial charge in [0, 0.05) is 43.9 Å². The molecule has 1 aliphatic heterocycles. The molecular weight excluding hydrogens is 319 g/mol. The summed E-state index contributed by atoms with van der Waals surface area (Å²) < 4.78 is 18.9. The van der Waals surface area contributed by atoms with Gasteiger partial charge in [-0.25, -0.2) is 4.39 Å². The number of piperidine rings is 1. The van der Waals surface area contributed by atoms with Crippen molar-refractivity contribution in [3.63, 3.8) is 0 Å². The molecule has 1 unspecified atom stereocenters. The molecule has 2 aromatic rings. The summed E-state index contributed by atoms with van der Waals surface area (Å²) in [6.45, 7) is 2.03. The topological polar surface area (TPSA) is 42.4 Å². The van der Waals surface area contributed by atoms with E-state index in [4.69, 9.17) is 4.74 Å². The Bertz CT molecular complexity index is 693. The normalized spacial score (nSPS) is 17.3. The minimum Gasteiger partial charge on any atom is -0.493 e. The number of halogens is 1. The maximum absolute atomic E-state index is 13.2. The Morgan fingerprint density at radius 2 is 2.24 bits per heavy atom. The van der Waals surface area contributed by atoms with E-state index >= 15 is 0 Å². The molecule has 1 aliphatic rings. The third-order valence-corrected chi connectivity index (χ3v) is 4.50. The van der Waals surface area contributed by atoms with Gasteiger partial charge in [0.15, 0.2) is 0 Å². The van der Waals surface area contributed by atoms with Crippen molar-refractivity contribution >= 4 is 5.91 Å². The number of ether oxygens (including phenoxy) is 1. The minimum absolute atomic E-state index is 0.180. The predicted octanol–water partition coefficient (Wildman–Crippen LogP) is 3.47. The van der Waals surface area contributed by atoms with Gasteiger partial charge in [-0.2, -0.15) is 0 Å². The highest BCUT2D eigenvalue weighted by atomic mass is 19.1. The number of hydrogen-bond acceptors (Lipinski definition) is 3. The molecule has 1 fully saturated rings. The van der Waals surface area contributed by atoms with Crippen LogP contribution in [0.15, 0.2) is 48.8 Å². The first kappa shape index (κ1) is 17.4. The highest BCUT2D eigenvalue weighted by Gasteiger charge is 2.24. The number of hydrogen-bond donors (Lipinski definition) is 0. The molecule has 1 amide bonds. The van der Waals surface area contributed by atoms with E-state index < -0.39 is 0 Å². The Morgan fingerprint density at radius 3 is 3.04 bits per heavy atom. The smallest absolute Gasteiger partial charge is 0.222 e. The van der Waals surface area contributed by atoms with Crippen LogP contribution >= 0.6 is 0 Å². The second-order valence-corrected chi connectivity index (χ2v) is 6.48. The van der Waals surface area contributed by atoms with E-state index in [-0.39, 0.29) is 11.7 Å². The summed E-state index contributed by atoms with van der Waals surface area (Å²) in [6.07, 6.45) is 6.77. The van der Waals surface area contributed by atoms with Gasteiger partial charge < -0.3 is 9.64 Å². The number of likely N-dealkylation sites (tertiary alicyclic amines) is 1. The van der Waals surface area contributed by atoms with Crippen LogP contribution in [0.25, 0.3) is 0 Å². The number of rotatable bonds is 6. The fraction of sp³-hybridized carbons (Fsp3) is 0.400. The van der Waals surface area contributed by atoms with Crippen LogP contribution in [-0.4, -0.2) is 35.5 Å². The lowest BCUT2D eigenvalue weighted by Crippen LogP contribution is -2.41. The molecule has 0 spiro atoms. The summed E-state index contributed by atoms with van der Waals surface area (Å²) in [7, 11) is 0. The molecule has 5 heteroatoms. The molecule has 2 heterocycles. The first-order valence-electron chi connectivity index (χ1n) is 8.76. The summed E-state index contributed by atoms with van der Waals surface area (Å²) in [4.78, 5) is 18.5. The van der Waals surface area contributed by atoms with E-state index in [9.17, 15) is 9.18 Å². The van der Waals surface area contributed by atoms with Crippen LogP contribution in [0.5, 0.6) is 5.75 Å². The van der Waals surface area contributed by atoms with Crippen molar-refractivity contribution in [1.29, 1.82) is 0 Å². The largest absolute Gasteiger partial charge is 0.493 e. The molecule has 0 N–H and O–H groups in total. The predicted molar refractivity (Wildman–Crippen MR) is 93.8 cm³/mol. The van der Waals surface area contributed by atoms with Crippen LogP contribution in [0.1, 0.15) is 24.8 Å². The van der Waals surface area contributed by atoms with E-state index in [0.29, 0.717) is 37.7 Å². The summed E-state index contributed by atoms with van der Waals surface area (Å²) in [5.41, 5.74) is 1.08. The van der Waals surface area contributed by atoms with Gasteiger partial charge >= 0.3 is 0 Å². The number of benzene rings is 1. The molecule has 132 valence electrons. The number of aryl methyl sites for hydroxylation is 1. The highest BCUT2D eigenvalue weighted by Crippen LogP contribution is 2.20. The van der Waals surface area contributed by atoms with Crippen LogP contribution < -0.4 is 4.74 Å². The van der Waals surface area contributed by atoms with Gasteiger partial charge in [0.2, 0.25) is 5.91 Å². The Morgan fingerprint density at radius 1 is 1.32 bits per heavy atom. The number of pyridine rings is 1. The van der Waals surface area contributed by atoms with Gasteiger partial charge in [-0.05, 0) is 43.0 Å². The summed E-state index contributed by atoms with van der Waals surface area (Å²) in [6, 6.07) is 10.1. The lowest BCUT2D eigenvalue weighted by atomic mass is 9.98. The second kappa shape index (κ2) is 8.60. The third kappa shape index (κ3) is 5.28. The maximum Gasteiger partial charge on any atom is 0.222 e. The van der Waals surface area contributed by atoms with Gasteiger partial charge in [-0.1, -0.05) is 12.1 Å². The number of amides is 1. The van der Waals surface area contributed by atoms with Crippen molar-refractivity contribution in [2.24, 2.45) is 5.92 Å². The van der Waals surface area contributed by atoms with Gasteiger partial charge in [0.25, 0.3) is 0 Å². The molecule has 0 bridgehead atoms. The van der Waals surface area contributed by atoms with Crippen molar-refractivity contribution in [3.8, 4) is 5.75 Å². The van der Waals surface area contributed by atoms with E-state index in [1.807, 2.05) is 17.0 Å². The average Bonchev–Trinajstić information content (AvgIpc) is 2.65. The molecule has 0 aliphatic carbocycles. The highest BCUT2D eigenvalue weighted by molar-refractivity contribution is 5.76. The first-order chi connectivity index (χ1) is 12.2. The second-order valence-electron chi connectivity index (χ2n) is 6.48. The molecule has 0 radical (unpaired) electrons. The van der Waals surface area contributed by atoms with E-state index in [0.717, 1.165) is 24.9 Å². The third-order valence-electron chi connectivity index (χ3n) is 4.50. The molecule has 4 nitrogen and oxygen atoms in total. The van der Waals surface area contributed by atoms with Crippen molar-refractivity contribution in [1.82, 2.24) is 9.88 Å².